The van der Waals surface area contributed by atoms with E-state index in [1.807, 2.05) is 0 Å². The summed E-state index contributed by atoms with van der Waals surface area (Å²) in [6.07, 6.45) is -1.46. The van der Waals surface area contributed by atoms with Crippen LogP contribution < -0.4 is 9.79 Å². The molecular formula is C12H28O8P2Zn. The topological polar surface area (TPSA) is 117 Å². The summed E-state index contributed by atoms with van der Waals surface area (Å²) in [5, 5.41) is 0. The molecule has 0 aromatic heterocycles. The molecule has 136 valence electrons. The monoisotopic (exact) mass is 426 g/mol. The number of phosphoric acid groups is 2. The second kappa shape index (κ2) is 13.1. The third kappa shape index (κ3) is 22.8. The molecule has 0 radical (unpaired) electrons. The quantitative estimate of drug-likeness (QED) is 0.428. The number of rotatable bonds is 8. The van der Waals surface area contributed by atoms with E-state index in [2.05, 4.69) is 18.1 Å². The Labute approximate surface area is 152 Å². The first-order valence-corrected chi connectivity index (χ1v) is 9.94. The molecule has 11 heteroatoms. The van der Waals surface area contributed by atoms with Crippen molar-refractivity contribution in [2.75, 3.05) is 0 Å². The normalized spacial score (nSPS) is 12.4. The molecule has 23 heavy (non-hydrogen) atoms. The van der Waals surface area contributed by atoms with Crippen LogP contribution in [0.1, 0.15) is 55.4 Å². The second-order valence-electron chi connectivity index (χ2n) is 5.51. The minimum Gasteiger partial charge on any atom is -0.756 e. The zero-order valence-corrected chi connectivity index (χ0v) is 19.9. The molecule has 0 aromatic rings. The van der Waals surface area contributed by atoms with Crippen LogP contribution in [0.15, 0.2) is 0 Å². The van der Waals surface area contributed by atoms with E-state index in [1.165, 1.54) is 0 Å². The summed E-state index contributed by atoms with van der Waals surface area (Å²) in [6, 6.07) is 0. The Balaban J connectivity index is -0.000000333. The smallest absolute Gasteiger partial charge is 0.756 e. The van der Waals surface area contributed by atoms with Gasteiger partial charge in [-0.15, -0.1) is 0 Å². The minimum absolute atomic E-state index is 0. The Kier molecular flexibility index (Phi) is 16.3. The van der Waals surface area contributed by atoms with Crippen LogP contribution >= 0.6 is 15.6 Å². The third-order valence-electron chi connectivity index (χ3n) is 1.36. The van der Waals surface area contributed by atoms with Crippen molar-refractivity contribution in [3.63, 3.8) is 0 Å². The van der Waals surface area contributed by atoms with Gasteiger partial charge in [0.2, 0.25) is 0 Å². The van der Waals surface area contributed by atoms with Gasteiger partial charge >= 0.3 is 19.5 Å². The summed E-state index contributed by atoms with van der Waals surface area (Å²) >= 11 is 0. The van der Waals surface area contributed by atoms with Crippen molar-refractivity contribution in [1.82, 2.24) is 0 Å². The Morgan fingerprint density at radius 1 is 0.565 bits per heavy atom. The van der Waals surface area contributed by atoms with Gasteiger partial charge in [0.15, 0.2) is 0 Å². The zero-order chi connectivity index (χ0) is 18.1. The fourth-order valence-corrected chi connectivity index (χ4v) is 3.25. The van der Waals surface area contributed by atoms with Crippen LogP contribution in [0.5, 0.6) is 0 Å². The van der Waals surface area contributed by atoms with E-state index in [1.54, 1.807) is 55.4 Å². The largest absolute Gasteiger partial charge is 2.00 e. The second-order valence-corrected chi connectivity index (χ2v) is 8.14. The Morgan fingerprint density at radius 2 is 0.696 bits per heavy atom. The van der Waals surface area contributed by atoms with E-state index in [9.17, 15) is 18.9 Å². The van der Waals surface area contributed by atoms with Crippen LogP contribution in [-0.4, -0.2) is 24.4 Å². The van der Waals surface area contributed by atoms with E-state index in [0.717, 1.165) is 0 Å². The molecule has 0 atom stereocenters. The molecule has 0 aliphatic rings. The van der Waals surface area contributed by atoms with Crippen molar-refractivity contribution in [3.8, 4) is 0 Å². The molecule has 0 spiro atoms. The standard InChI is InChI=1S/2C6H15O4P.Zn/c2*1-5(2)9-11(7,8)10-6(3)4;/h2*5-6H,1-4H3,(H,7,8);/q;;+2/p-2. The van der Waals surface area contributed by atoms with Crippen molar-refractivity contribution in [2.24, 2.45) is 0 Å². The number of hydrogen-bond acceptors (Lipinski definition) is 8. The Bertz CT molecular complexity index is 323. The molecule has 0 aliphatic heterocycles. The van der Waals surface area contributed by atoms with Gasteiger partial charge in [-0.25, -0.2) is 0 Å². The first kappa shape index (κ1) is 28.6. The minimum atomic E-state index is -4.05. The molecule has 8 nitrogen and oxygen atoms in total. The molecule has 0 fully saturated rings. The van der Waals surface area contributed by atoms with Gasteiger partial charge in [0.05, 0.1) is 24.4 Å². The van der Waals surface area contributed by atoms with E-state index in [4.69, 9.17) is 0 Å². The number of phosphoric ester groups is 2. The fraction of sp³-hybridized carbons (Fsp3) is 1.00. The summed E-state index contributed by atoms with van der Waals surface area (Å²) in [5.74, 6) is 0. The average Bonchev–Trinajstić information content (AvgIpc) is 2.06. The summed E-state index contributed by atoms with van der Waals surface area (Å²) < 4.78 is 39.8. The van der Waals surface area contributed by atoms with Gasteiger partial charge in [0.25, 0.3) is 15.6 Å². The first-order valence-electron chi connectivity index (χ1n) is 7.02. The Hall–Kier alpha value is 0.843. The van der Waals surface area contributed by atoms with Crippen LogP contribution in [0.2, 0.25) is 0 Å². The molecule has 0 N–H and O–H groups in total. The van der Waals surface area contributed by atoms with E-state index >= 15 is 0 Å². The molecule has 0 saturated heterocycles. The zero-order valence-electron chi connectivity index (χ0n) is 15.2. The molecular weight excluding hydrogens is 399 g/mol. The van der Waals surface area contributed by atoms with Crippen molar-refractivity contribution < 1.29 is 56.5 Å². The molecule has 0 amide bonds. The van der Waals surface area contributed by atoms with Gasteiger partial charge in [0, 0.05) is 0 Å². The molecule has 0 heterocycles. The van der Waals surface area contributed by atoms with Crippen molar-refractivity contribution >= 4 is 15.6 Å². The number of hydrogen-bond donors (Lipinski definition) is 0. The van der Waals surface area contributed by atoms with Gasteiger partial charge in [-0.2, -0.15) is 0 Å². The van der Waals surface area contributed by atoms with Gasteiger partial charge in [0.1, 0.15) is 0 Å². The summed E-state index contributed by atoms with van der Waals surface area (Å²) in [7, 11) is -8.11. The van der Waals surface area contributed by atoms with E-state index in [0.29, 0.717) is 0 Å². The maximum atomic E-state index is 10.8. The van der Waals surface area contributed by atoms with Gasteiger partial charge in [-0.05, 0) is 55.4 Å². The third-order valence-corrected chi connectivity index (χ3v) is 4.08. The van der Waals surface area contributed by atoms with Crippen molar-refractivity contribution in [1.29, 1.82) is 0 Å². The summed E-state index contributed by atoms with van der Waals surface area (Å²) in [6.45, 7) is 13.1. The van der Waals surface area contributed by atoms with Crippen LogP contribution in [0.25, 0.3) is 0 Å². The van der Waals surface area contributed by atoms with Crippen LogP contribution in [-0.2, 0) is 46.7 Å². The van der Waals surface area contributed by atoms with Crippen molar-refractivity contribution in [3.05, 3.63) is 0 Å². The van der Waals surface area contributed by atoms with Gasteiger partial charge < -0.3 is 27.9 Å². The van der Waals surface area contributed by atoms with Crippen molar-refractivity contribution in [2.45, 2.75) is 79.8 Å². The molecule has 0 saturated carbocycles. The fourth-order valence-electron chi connectivity index (χ4n) is 1.08. The van der Waals surface area contributed by atoms with Crippen LogP contribution in [0, 0.1) is 0 Å². The predicted octanol–water partition coefficient (Wildman–Crippen LogP) is 2.61. The SMILES string of the molecule is CC(C)OP(=O)([O-])OC(C)C.CC(C)OP(=O)([O-])OC(C)C.[Zn+2]. The maximum Gasteiger partial charge on any atom is 2.00 e. The van der Waals surface area contributed by atoms with Crippen LogP contribution in [0.4, 0.5) is 0 Å². The van der Waals surface area contributed by atoms with Crippen LogP contribution in [0.3, 0.4) is 0 Å². The summed E-state index contributed by atoms with van der Waals surface area (Å²) in [4.78, 5) is 21.7. The van der Waals surface area contributed by atoms with E-state index in [-0.39, 0.29) is 43.9 Å². The molecule has 0 unspecified atom stereocenters. The van der Waals surface area contributed by atoms with E-state index < -0.39 is 15.6 Å². The van der Waals surface area contributed by atoms with Gasteiger partial charge in [-0.1, -0.05) is 0 Å². The molecule has 0 aromatic carbocycles. The van der Waals surface area contributed by atoms with Gasteiger partial charge in [-0.3, -0.25) is 9.13 Å². The Morgan fingerprint density at radius 3 is 0.783 bits per heavy atom. The predicted molar refractivity (Wildman–Crippen MR) is 80.1 cm³/mol. The molecule has 0 bridgehead atoms. The molecule has 0 rings (SSSR count). The first-order chi connectivity index (χ1) is 9.67. The average molecular weight is 428 g/mol. The summed E-state index contributed by atoms with van der Waals surface area (Å²) in [5.41, 5.74) is 0. The molecule has 0 aliphatic carbocycles. The maximum absolute atomic E-state index is 10.8.